The maximum absolute atomic E-state index is 13.1. The van der Waals surface area contributed by atoms with Crippen molar-refractivity contribution < 1.29 is 4.79 Å². The highest BCUT2D eigenvalue weighted by Crippen LogP contribution is 2.26. The van der Waals surface area contributed by atoms with Crippen LogP contribution >= 0.6 is 0 Å². The summed E-state index contributed by atoms with van der Waals surface area (Å²) in [6.45, 7) is 9.02. The Morgan fingerprint density at radius 3 is 2.56 bits per heavy atom. The molecule has 1 amide bonds. The zero-order valence-electron chi connectivity index (χ0n) is 24.7. The minimum Gasteiger partial charge on any atom is -0.341 e. The predicted molar refractivity (Wildman–Crippen MR) is 168 cm³/mol. The molecule has 41 heavy (non-hydrogen) atoms. The zero-order chi connectivity index (χ0) is 28.4. The third-order valence-corrected chi connectivity index (χ3v) is 8.30. The number of fused-ring (bicyclic) bond motifs is 1. The molecule has 0 saturated carbocycles. The number of carbonyl (C=O) groups is 1. The highest BCUT2D eigenvalue weighted by atomic mass is 16.2. The molecule has 0 N–H and O–H groups in total. The minimum atomic E-state index is 0.0618. The maximum atomic E-state index is 13.1. The Balaban J connectivity index is 1.24. The van der Waals surface area contributed by atoms with E-state index in [0.717, 1.165) is 69.1 Å². The van der Waals surface area contributed by atoms with Crippen molar-refractivity contribution in [3.05, 3.63) is 90.3 Å². The second-order valence-corrected chi connectivity index (χ2v) is 11.3. The molecule has 2 aromatic heterocycles. The summed E-state index contributed by atoms with van der Waals surface area (Å²) >= 11 is 0. The SMILES string of the molecule is CCCCCn1c(N2CCCN(CCC(CN(C)C(=O)c3ccccc3)c3cccnc3)CC2)nc2ccccc21. The number of likely N-dealkylation sites (N-methyl/N-ethyl adjacent to an activating group) is 1. The van der Waals surface area contributed by atoms with Crippen LogP contribution in [0.3, 0.4) is 0 Å². The van der Waals surface area contributed by atoms with Gasteiger partial charge in [0.15, 0.2) is 0 Å². The summed E-state index contributed by atoms with van der Waals surface area (Å²) in [5.41, 5.74) is 4.26. The van der Waals surface area contributed by atoms with Gasteiger partial charge in [0.2, 0.25) is 5.95 Å². The first-order valence-electron chi connectivity index (χ1n) is 15.3. The van der Waals surface area contributed by atoms with Gasteiger partial charge in [-0.15, -0.1) is 0 Å². The molecular weight excluding hydrogens is 508 g/mol. The Morgan fingerprint density at radius 1 is 0.927 bits per heavy atom. The summed E-state index contributed by atoms with van der Waals surface area (Å²) < 4.78 is 2.44. The largest absolute Gasteiger partial charge is 0.341 e. The number of rotatable bonds is 12. The lowest BCUT2D eigenvalue weighted by molar-refractivity contribution is 0.0782. The van der Waals surface area contributed by atoms with E-state index in [1.54, 1.807) is 0 Å². The first-order valence-corrected chi connectivity index (χ1v) is 15.3. The fourth-order valence-corrected chi connectivity index (χ4v) is 5.97. The van der Waals surface area contributed by atoms with Gasteiger partial charge in [0.05, 0.1) is 11.0 Å². The van der Waals surface area contributed by atoms with Crippen LogP contribution in [0.5, 0.6) is 0 Å². The zero-order valence-corrected chi connectivity index (χ0v) is 24.7. The summed E-state index contributed by atoms with van der Waals surface area (Å²) in [5, 5.41) is 0. The average molecular weight is 553 g/mol. The van der Waals surface area contributed by atoms with Crippen LogP contribution < -0.4 is 4.90 Å². The molecule has 0 spiro atoms. The number of imidazole rings is 1. The fourth-order valence-electron chi connectivity index (χ4n) is 5.97. The maximum Gasteiger partial charge on any atom is 0.253 e. The molecule has 1 aliphatic heterocycles. The number of para-hydroxylation sites is 2. The highest BCUT2D eigenvalue weighted by molar-refractivity contribution is 5.94. The molecule has 4 aromatic rings. The van der Waals surface area contributed by atoms with Crippen LogP contribution in [0, 0.1) is 0 Å². The molecule has 2 aromatic carbocycles. The normalized spacial score (nSPS) is 15.1. The fraction of sp³-hybridized carbons (Fsp3) is 0.441. The number of carbonyl (C=O) groups excluding carboxylic acids is 1. The molecule has 1 aliphatic rings. The molecule has 1 unspecified atom stereocenters. The summed E-state index contributed by atoms with van der Waals surface area (Å²) in [5.74, 6) is 1.41. The number of pyridine rings is 1. The van der Waals surface area contributed by atoms with Crippen molar-refractivity contribution in [3.8, 4) is 0 Å². The number of hydrogen-bond donors (Lipinski definition) is 0. The van der Waals surface area contributed by atoms with Crippen molar-refractivity contribution in [1.29, 1.82) is 0 Å². The molecule has 1 fully saturated rings. The van der Waals surface area contributed by atoms with Crippen LogP contribution in [0.1, 0.15) is 60.9 Å². The van der Waals surface area contributed by atoms with Gasteiger partial charge in [-0.2, -0.15) is 0 Å². The smallest absolute Gasteiger partial charge is 0.253 e. The molecule has 0 aliphatic carbocycles. The lowest BCUT2D eigenvalue weighted by Crippen LogP contribution is -2.35. The van der Waals surface area contributed by atoms with Crippen LogP contribution in [0.2, 0.25) is 0 Å². The number of amides is 1. The van der Waals surface area contributed by atoms with Gasteiger partial charge in [-0.05, 0) is 68.2 Å². The van der Waals surface area contributed by atoms with Crippen molar-refractivity contribution in [1.82, 2.24) is 24.3 Å². The standard InChI is InChI=1S/C34H44N6O/c1-3-4-10-22-40-32-17-9-8-16-31(32)36-34(40)39-21-12-20-38(24-25-39)23-18-30(29-15-11-19-35-26-29)27-37(2)33(41)28-13-6-5-7-14-28/h5-9,11,13-17,19,26,30H,3-4,10,12,18,20-25,27H2,1-2H3. The van der Waals surface area contributed by atoms with Crippen molar-refractivity contribution in [3.63, 3.8) is 0 Å². The summed E-state index contributed by atoms with van der Waals surface area (Å²) in [4.78, 5) is 29.5. The Hall–Kier alpha value is -3.71. The van der Waals surface area contributed by atoms with Gasteiger partial charge in [-0.3, -0.25) is 9.78 Å². The number of nitrogens with zero attached hydrogens (tertiary/aromatic N) is 6. The second kappa shape index (κ2) is 14.3. The number of anilines is 1. The van der Waals surface area contributed by atoms with E-state index in [9.17, 15) is 4.79 Å². The van der Waals surface area contributed by atoms with Gasteiger partial charge in [-0.25, -0.2) is 4.98 Å². The topological polar surface area (TPSA) is 57.5 Å². The monoisotopic (exact) mass is 552 g/mol. The van der Waals surface area contributed by atoms with Crippen LogP contribution in [0.15, 0.2) is 79.1 Å². The lowest BCUT2D eigenvalue weighted by Gasteiger charge is -2.28. The average Bonchev–Trinajstić information content (AvgIpc) is 3.21. The Labute approximate surface area is 244 Å². The third kappa shape index (κ3) is 7.33. The summed E-state index contributed by atoms with van der Waals surface area (Å²) in [6, 6.07) is 22.3. The third-order valence-electron chi connectivity index (χ3n) is 8.30. The first-order chi connectivity index (χ1) is 20.1. The number of benzene rings is 2. The quantitative estimate of drug-likeness (QED) is 0.199. The molecule has 216 valence electrons. The molecule has 1 atom stereocenters. The molecule has 3 heterocycles. The molecule has 5 rings (SSSR count). The van der Waals surface area contributed by atoms with Crippen molar-refractivity contribution >= 4 is 22.9 Å². The van der Waals surface area contributed by atoms with E-state index < -0.39 is 0 Å². The Kier molecular flexibility index (Phi) is 10.0. The van der Waals surface area contributed by atoms with E-state index in [4.69, 9.17) is 4.98 Å². The molecule has 7 heteroatoms. The highest BCUT2D eigenvalue weighted by Gasteiger charge is 2.23. The van der Waals surface area contributed by atoms with Crippen LogP contribution in [0.25, 0.3) is 11.0 Å². The Morgan fingerprint density at radius 2 is 1.76 bits per heavy atom. The van der Waals surface area contributed by atoms with E-state index >= 15 is 0 Å². The number of hydrogen-bond acceptors (Lipinski definition) is 5. The van der Waals surface area contributed by atoms with Gasteiger partial charge < -0.3 is 19.3 Å². The van der Waals surface area contributed by atoms with E-state index in [0.29, 0.717) is 6.54 Å². The molecule has 0 bridgehead atoms. The van der Waals surface area contributed by atoms with Gasteiger partial charge in [0, 0.05) is 63.6 Å². The van der Waals surface area contributed by atoms with Crippen molar-refractivity contribution in [2.24, 2.45) is 0 Å². The first kappa shape index (κ1) is 28.8. The molecule has 1 saturated heterocycles. The van der Waals surface area contributed by atoms with Gasteiger partial charge >= 0.3 is 0 Å². The van der Waals surface area contributed by atoms with E-state index in [2.05, 4.69) is 56.6 Å². The van der Waals surface area contributed by atoms with Crippen LogP contribution in [-0.4, -0.2) is 76.6 Å². The second-order valence-electron chi connectivity index (χ2n) is 11.3. The molecule has 7 nitrogen and oxygen atoms in total. The van der Waals surface area contributed by atoms with Crippen molar-refractivity contribution in [2.75, 3.05) is 51.2 Å². The Bertz CT molecular complexity index is 1370. The predicted octanol–water partition coefficient (Wildman–Crippen LogP) is 6.08. The minimum absolute atomic E-state index is 0.0618. The van der Waals surface area contributed by atoms with Gasteiger partial charge in [0.25, 0.3) is 5.91 Å². The molecule has 0 radical (unpaired) electrons. The van der Waals surface area contributed by atoms with Crippen LogP contribution in [-0.2, 0) is 6.54 Å². The van der Waals surface area contributed by atoms with Gasteiger partial charge in [-0.1, -0.05) is 56.2 Å². The summed E-state index contributed by atoms with van der Waals surface area (Å²) in [6.07, 6.45) is 9.51. The van der Waals surface area contributed by atoms with E-state index in [1.807, 2.05) is 60.7 Å². The number of aromatic nitrogens is 3. The lowest BCUT2D eigenvalue weighted by atomic mass is 9.96. The molecular formula is C34H44N6O. The number of unbranched alkanes of at least 4 members (excludes halogenated alkanes) is 2. The van der Waals surface area contributed by atoms with E-state index in [1.165, 1.54) is 30.3 Å². The van der Waals surface area contributed by atoms with Crippen molar-refractivity contribution in [2.45, 2.75) is 51.5 Å². The van der Waals surface area contributed by atoms with E-state index in [-0.39, 0.29) is 11.8 Å². The van der Waals surface area contributed by atoms with Gasteiger partial charge in [0.1, 0.15) is 0 Å². The summed E-state index contributed by atoms with van der Waals surface area (Å²) in [7, 11) is 1.91. The number of aryl methyl sites for hydroxylation is 1. The van der Waals surface area contributed by atoms with Crippen LogP contribution in [0.4, 0.5) is 5.95 Å².